The third kappa shape index (κ3) is 4.91. The maximum absolute atomic E-state index is 12.8. The highest BCUT2D eigenvalue weighted by molar-refractivity contribution is 5.75. The van der Waals surface area contributed by atoms with Gasteiger partial charge in [0, 0.05) is 32.5 Å². The van der Waals surface area contributed by atoms with E-state index in [1.165, 1.54) is 12.1 Å². The number of benzene rings is 1. The lowest BCUT2D eigenvalue weighted by molar-refractivity contribution is -0.136. The molecule has 1 fully saturated rings. The largest absolute Gasteiger partial charge is 0.490 e. The molecule has 120 valence electrons. The van der Waals surface area contributed by atoms with Crippen molar-refractivity contribution < 1.29 is 23.8 Å². The molecule has 1 saturated heterocycles. The van der Waals surface area contributed by atoms with Gasteiger partial charge in [-0.05, 0) is 24.3 Å². The molecule has 2 amide bonds. The second-order valence-electron chi connectivity index (χ2n) is 5.13. The van der Waals surface area contributed by atoms with E-state index in [9.17, 15) is 14.0 Å². The number of piperidine rings is 1. The zero-order valence-electron chi connectivity index (χ0n) is 12.1. The first-order chi connectivity index (χ1) is 10.5. The van der Waals surface area contributed by atoms with Crippen molar-refractivity contribution in [3.63, 3.8) is 0 Å². The Bertz CT molecular complexity index is 513. The Kier molecular flexibility index (Phi) is 5.57. The number of nitrogens with zero attached hydrogens (tertiary/aromatic N) is 1. The van der Waals surface area contributed by atoms with Crippen LogP contribution in [-0.4, -0.2) is 47.7 Å². The number of carbonyl (C=O) groups excluding carboxylic acids is 1. The molecular formula is C15H19FN2O4. The molecule has 1 aliphatic heterocycles. The number of carboxylic acid groups (broad SMARTS) is 1. The number of carbonyl (C=O) groups is 2. The van der Waals surface area contributed by atoms with Gasteiger partial charge in [0.15, 0.2) is 0 Å². The third-order valence-corrected chi connectivity index (χ3v) is 3.46. The average molecular weight is 310 g/mol. The molecule has 1 aromatic carbocycles. The average Bonchev–Trinajstić information content (AvgIpc) is 2.50. The minimum absolute atomic E-state index is 0.00599. The molecule has 2 rings (SSSR count). The first kappa shape index (κ1) is 16.1. The third-order valence-electron chi connectivity index (χ3n) is 3.46. The molecule has 0 radical (unpaired) electrons. The van der Waals surface area contributed by atoms with Crippen LogP contribution in [0.3, 0.4) is 0 Å². The molecular weight excluding hydrogens is 291 g/mol. The van der Waals surface area contributed by atoms with E-state index < -0.39 is 5.97 Å². The van der Waals surface area contributed by atoms with Crippen molar-refractivity contribution in [2.75, 3.05) is 19.6 Å². The second kappa shape index (κ2) is 7.63. The van der Waals surface area contributed by atoms with Crippen molar-refractivity contribution in [3.8, 4) is 5.75 Å². The molecule has 0 unspecified atom stereocenters. The maximum Gasteiger partial charge on any atom is 0.317 e. The number of carboxylic acids is 1. The van der Waals surface area contributed by atoms with Crippen LogP contribution in [0.2, 0.25) is 0 Å². The van der Waals surface area contributed by atoms with E-state index in [4.69, 9.17) is 9.84 Å². The van der Waals surface area contributed by atoms with Crippen LogP contribution < -0.4 is 10.1 Å². The van der Waals surface area contributed by atoms with Gasteiger partial charge < -0.3 is 20.1 Å². The first-order valence-electron chi connectivity index (χ1n) is 7.21. The lowest BCUT2D eigenvalue weighted by Crippen LogP contribution is -2.46. The summed E-state index contributed by atoms with van der Waals surface area (Å²) in [6, 6.07) is 5.61. The van der Waals surface area contributed by atoms with Gasteiger partial charge in [0.1, 0.15) is 17.7 Å². The fourth-order valence-electron chi connectivity index (χ4n) is 2.27. The number of halogens is 1. The zero-order valence-corrected chi connectivity index (χ0v) is 12.1. The van der Waals surface area contributed by atoms with Crippen molar-refractivity contribution in [3.05, 3.63) is 30.1 Å². The topological polar surface area (TPSA) is 78.9 Å². The van der Waals surface area contributed by atoms with Crippen LogP contribution >= 0.6 is 0 Å². The highest BCUT2D eigenvalue weighted by Crippen LogP contribution is 2.19. The van der Waals surface area contributed by atoms with Crippen LogP contribution in [0.15, 0.2) is 24.3 Å². The van der Waals surface area contributed by atoms with Gasteiger partial charge in [0.25, 0.3) is 0 Å². The Hall–Kier alpha value is -2.31. The molecule has 22 heavy (non-hydrogen) atoms. The lowest BCUT2D eigenvalue weighted by Gasteiger charge is -2.32. The van der Waals surface area contributed by atoms with E-state index in [0.29, 0.717) is 31.7 Å². The number of urea groups is 1. The van der Waals surface area contributed by atoms with Crippen molar-refractivity contribution in [1.29, 1.82) is 0 Å². The number of rotatable bonds is 5. The van der Waals surface area contributed by atoms with E-state index in [-0.39, 0.29) is 30.9 Å². The van der Waals surface area contributed by atoms with Crippen molar-refractivity contribution in [1.82, 2.24) is 10.2 Å². The lowest BCUT2D eigenvalue weighted by atomic mass is 10.1. The maximum atomic E-state index is 12.8. The number of hydrogen-bond donors (Lipinski definition) is 2. The van der Waals surface area contributed by atoms with Crippen LogP contribution in [0.4, 0.5) is 9.18 Å². The van der Waals surface area contributed by atoms with Gasteiger partial charge in [-0.25, -0.2) is 9.18 Å². The SMILES string of the molecule is O=C(O)CCNC(=O)N1CCC(Oc2ccc(F)cc2)CC1. The number of amides is 2. The summed E-state index contributed by atoms with van der Waals surface area (Å²) in [4.78, 5) is 23.9. The molecule has 0 aliphatic carbocycles. The Balaban J connectivity index is 1.72. The molecule has 0 atom stereocenters. The van der Waals surface area contributed by atoms with Crippen molar-refractivity contribution in [2.24, 2.45) is 0 Å². The minimum Gasteiger partial charge on any atom is -0.490 e. The Morgan fingerprint density at radius 3 is 2.50 bits per heavy atom. The summed E-state index contributed by atoms with van der Waals surface area (Å²) in [7, 11) is 0. The smallest absolute Gasteiger partial charge is 0.317 e. The molecule has 0 spiro atoms. The highest BCUT2D eigenvalue weighted by atomic mass is 19.1. The van der Waals surface area contributed by atoms with E-state index in [2.05, 4.69) is 5.32 Å². The number of likely N-dealkylation sites (tertiary alicyclic amines) is 1. The summed E-state index contributed by atoms with van der Waals surface area (Å²) in [5.41, 5.74) is 0. The first-order valence-corrected chi connectivity index (χ1v) is 7.21. The predicted octanol–water partition coefficient (Wildman–Crippen LogP) is 1.85. The van der Waals surface area contributed by atoms with Gasteiger partial charge in [0.2, 0.25) is 0 Å². The van der Waals surface area contributed by atoms with Gasteiger partial charge in [0.05, 0.1) is 6.42 Å². The second-order valence-corrected chi connectivity index (χ2v) is 5.13. The fourth-order valence-corrected chi connectivity index (χ4v) is 2.27. The number of nitrogens with one attached hydrogen (secondary N) is 1. The molecule has 0 saturated carbocycles. The number of hydrogen-bond acceptors (Lipinski definition) is 3. The van der Waals surface area contributed by atoms with Crippen LogP contribution in [0, 0.1) is 5.82 Å². The monoisotopic (exact) mass is 310 g/mol. The molecule has 7 heteroatoms. The summed E-state index contributed by atoms with van der Waals surface area (Å²) in [6.45, 7) is 1.22. The van der Waals surface area contributed by atoms with Crippen molar-refractivity contribution >= 4 is 12.0 Å². The molecule has 1 aliphatic rings. The Labute approximate surface area is 127 Å². The Morgan fingerprint density at radius 1 is 1.27 bits per heavy atom. The van der Waals surface area contributed by atoms with Crippen LogP contribution in [0.1, 0.15) is 19.3 Å². The summed E-state index contributed by atoms with van der Waals surface area (Å²) in [5.74, 6) is -0.627. The van der Waals surface area contributed by atoms with Gasteiger partial charge in [-0.3, -0.25) is 4.79 Å². The van der Waals surface area contributed by atoms with Gasteiger partial charge >= 0.3 is 12.0 Å². The molecule has 2 N–H and O–H groups in total. The normalized spacial score (nSPS) is 15.4. The van der Waals surface area contributed by atoms with Crippen LogP contribution in [0.25, 0.3) is 0 Å². The molecule has 0 aromatic heterocycles. The van der Waals surface area contributed by atoms with E-state index in [0.717, 1.165) is 0 Å². The minimum atomic E-state index is -0.938. The quantitative estimate of drug-likeness (QED) is 0.870. The Morgan fingerprint density at radius 2 is 1.91 bits per heavy atom. The summed E-state index contributed by atoms with van der Waals surface area (Å²) >= 11 is 0. The summed E-state index contributed by atoms with van der Waals surface area (Å²) < 4.78 is 18.6. The molecule has 0 bridgehead atoms. The number of ether oxygens (including phenoxy) is 1. The van der Waals surface area contributed by atoms with Crippen molar-refractivity contribution in [2.45, 2.75) is 25.4 Å². The highest BCUT2D eigenvalue weighted by Gasteiger charge is 2.23. The summed E-state index contributed by atoms with van der Waals surface area (Å²) in [6.07, 6.45) is 1.28. The molecule has 1 aromatic rings. The van der Waals surface area contributed by atoms with E-state index in [1.807, 2.05) is 0 Å². The van der Waals surface area contributed by atoms with Crippen LogP contribution in [0.5, 0.6) is 5.75 Å². The van der Waals surface area contributed by atoms with Crippen LogP contribution in [-0.2, 0) is 4.79 Å². The van der Waals surface area contributed by atoms with Gasteiger partial charge in [-0.1, -0.05) is 0 Å². The van der Waals surface area contributed by atoms with E-state index in [1.54, 1.807) is 17.0 Å². The zero-order chi connectivity index (χ0) is 15.9. The fraction of sp³-hybridized carbons (Fsp3) is 0.467. The molecule has 6 nitrogen and oxygen atoms in total. The molecule has 1 heterocycles. The van der Waals surface area contributed by atoms with Gasteiger partial charge in [-0.15, -0.1) is 0 Å². The standard InChI is InChI=1S/C15H19FN2O4/c16-11-1-3-12(4-2-11)22-13-6-9-18(10-7-13)15(21)17-8-5-14(19)20/h1-4,13H,5-10H2,(H,17,21)(H,19,20). The van der Waals surface area contributed by atoms with E-state index >= 15 is 0 Å². The summed E-state index contributed by atoms with van der Waals surface area (Å²) in [5, 5.41) is 11.1. The predicted molar refractivity (Wildman–Crippen MR) is 77.3 cm³/mol. The van der Waals surface area contributed by atoms with Gasteiger partial charge in [-0.2, -0.15) is 0 Å². The number of aliphatic carboxylic acids is 1.